The normalized spacial score (nSPS) is 26.8. The van der Waals surface area contributed by atoms with Crippen molar-refractivity contribution >= 4 is 5.91 Å². The maximum absolute atomic E-state index is 13.0. The lowest BCUT2D eigenvalue weighted by atomic mass is 9.88. The fourth-order valence-electron chi connectivity index (χ4n) is 4.29. The number of hydrogen-bond acceptors (Lipinski definition) is 5. The van der Waals surface area contributed by atoms with Gasteiger partial charge in [-0.1, -0.05) is 0 Å². The first-order valence-electron chi connectivity index (χ1n) is 8.80. The zero-order valence-electron chi connectivity index (χ0n) is 14.7. The fourth-order valence-corrected chi connectivity index (χ4v) is 4.29. The summed E-state index contributed by atoms with van der Waals surface area (Å²) >= 11 is 0. The quantitative estimate of drug-likeness (QED) is 0.853. The Morgan fingerprint density at radius 2 is 2.16 bits per heavy atom. The minimum absolute atomic E-state index is 0.0654. The van der Waals surface area contributed by atoms with Gasteiger partial charge in [-0.2, -0.15) is 0 Å². The van der Waals surface area contributed by atoms with Crippen LogP contribution in [0.3, 0.4) is 0 Å². The number of piperidine rings is 1. The smallest absolute Gasteiger partial charge is 0.257 e. The maximum Gasteiger partial charge on any atom is 0.257 e. The van der Waals surface area contributed by atoms with Crippen LogP contribution in [-0.4, -0.2) is 54.6 Å². The third kappa shape index (κ3) is 3.00. The Morgan fingerprint density at radius 3 is 2.84 bits per heavy atom. The summed E-state index contributed by atoms with van der Waals surface area (Å²) in [5.41, 5.74) is 0.666. The SMILES string of the molecule is CO[C@@H]1CCN(C(=O)c2ccoc2C)[C@H]2CN(Cc3ccco3)C[C@@H]12. The van der Waals surface area contributed by atoms with Gasteiger partial charge < -0.3 is 18.5 Å². The average Bonchev–Trinajstić information content (AvgIpc) is 3.34. The van der Waals surface area contributed by atoms with Gasteiger partial charge in [0.05, 0.1) is 36.8 Å². The van der Waals surface area contributed by atoms with Gasteiger partial charge in [0.15, 0.2) is 0 Å². The first-order chi connectivity index (χ1) is 12.2. The molecule has 4 heterocycles. The van der Waals surface area contributed by atoms with Crippen LogP contribution >= 0.6 is 0 Å². The predicted octanol–water partition coefficient (Wildman–Crippen LogP) is 2.54. The molecule has 6 heteroatoms. The third-order valence-electron chi connectivity index (χ3n) is 5.55. The number of hydrogen-bond donors (Lipinski definition) is 0. The molecule has 2 aromatic heterocycles. The highest BCUT2D eigenvalue weighted by atomic mass is 16.5. The molecule has 2 aromatic rings. The number of carbonyl (C=O) groups is 1. The number of amides is 1. The van der Waals surface area contributed by atoms with Crippen LogP contribution in [0.4, 0.5) is 0 Å². The number of aryl methyl sites for hydroxylation is 1. The van der Waals surface area contributed by atoms with Crippen LogP contribution in [0, 0.1) is 12.8 Å². The number of nitrogens with zero attached hydrogens (tertiary/aromatic N) is 2. The molecule has 0 aliphatic carbocycles. The summed E-state index contributed by atoms with van der Waals surface area (Å²) in [6.07, 6.45) is 4.35. The fraction of sp³-hybridized carbons (Fsp3) is 0.526. The summed E-state index contributed by atoms with van der Waals surface area (Å²) in [6, 6.07) is 5.84. The van der Waals surface area contributed by atoms with E-state index in [1.807, 2.05) is 24.0 Å². The molecule has 0 aromatic carbocycles. The van der Waals surface area contributed by atoms with E-state index in [2.05, 4.69) is 4.90 Å². The Labute approximate surface area is 147 Å². The molecule has 2 saturated heterocycles. The standard InChI is InChI=1S/C19H24N2O4/c1-13-15(6-9-24-13)19(22)21-7-5-18(23-2)16-11-20(12-17(16)21)10-14-4-3-8-25-14/h3-4,6,8-9,16-18H,5,7,10-12H2,1-2H3/t16-,17+,18-/m1/s1. The molecule has 134 valence electrons. The highest BCUT2D eigenvalue weighted by Crippen LogP contribution is 2.34. The molecule has 3 atom stereocenters. The largest absolute Gasteiger partial charge is 0.469 e. The topological polar surface area (TPSA) is 59.1 Å². The van der Waals surface area contributed by atoms with Crippen LogP contribution in [0.5, 0.6) is 0 Å². The first kappa shape index (κ1) is 16.4. The second kappa shape index (κ2) is 6.69. The Kier molecular flexibility index (Phi) is 4.39. The van der Waals surface area contributed by atoms with Crippen molar-refractivity contribution in [3.63, 3.8) is 0 Å². The van der Waals surface area contributed by atoms with Gasteiger partial charge in [-0.3, -0.25) is 9.69 Å². The van der Waals surface area contributed by atoms with Crippen LogP contribution < -0.4 is 0 Å². The van der Waals surface area contributed by atoms with Crippen molar-refractivity contribution in [1.82, 2.24) is 9.80 Å². The predicted molar refractivity (Wildman–Crippen MR) is 91.2 cm³/mol. The van der Waals surface area contributed by atoms with Crippen molar-refractivity contribution < 1.29 is 18.4 Å². The van der Waals surface area contributed by atoms with Gasteiger partial charge in [0, 0.05) is 32.7 Å². The number of carbonyl (C=O) groups excluding carboxylic acids is 1. The molecule has 0 unspecified atom stereocenters. The first-order valence-corrected chi connectivity index (χ1v) is 8.80. The third-order valence-corrected chi connectivity index (χ3v) is 5.55. The van der Waals surface area contributed by atoms with Gasteiger partial charge in [-0.25, -0.2) is 0 Å². The lowest BCUT2D eigenvalue weighted by Gasteiger charge is -2.41. The average molecular weight is 344 g/mol. The highest BCUT2D eigenvalue weighted by molar-refractivity contribution is 5.95. The van der Waals surface area contributed by atoms with Gasteiger partial charge in [0.1, 0.15) is 11.5 Å². The Bertz CT molecular complexity index is 724. The van der Waals surface area contributed by atoms with Crippen molar-refractivity contribution in [1.29, 1.82) is 0 Å². The molecule has 0 radical (unpaired) electrons. The molecule has 2 aliphatic heterocycles. The van der Waals surface area contributed by atoms with E-state index in [1.54, 1.807) is 25.7 Å². The van der Waals surface area contributed by atoms with Crippen molar-refractivity contribution in [3.8, 4) is 0 Å². The van der Waals surface area contributed by atoms with Gasteiger partial charge in [-0.15, -0.1) is 0 Å². The van der Waals surface area contributed by atoms with Crippen LogP contribution in [-0.2, 0) is 11.3 Å². The second-order valence-electron chi connectivity index (χ2n) is 6.96. The monoisotopic (exact) mass is 344 g/mol. The zero-order valence-corrected chi connectivity index (χ0v) is 14.7. The molecule has 0 N–H and O–H groups in total. The van der Waals surface area contributed by atoms with E-state index < -0.39 is 0 Å². The van der Waals surface area contributed by atoms with Gasteiger partial charge in [0.25, 0.3) is 5.91 Å². The van der Waals surface area contributed by atoms with Crippen LogP contribution in [0.2, 0.25) is 0 Å². The lowest BCUT2D eigenvalue weighted by molar-refractivity contribution is -0.0157. The highest BCUT2D eigenvalue weighted by Gasteiger charge is 2.46. The molecule has 0 spiro atoms. The summed E-state index contributed by atoms with van der Waals surface area (Å²) in [4.78, 5) is 17.4. The number of rotatable bonds is 4. The van der Waals surface area contributed by atoms with Crippen LogP contribution in [0.25, 0.3) is 0 Å². The molecule has 1 amide bonds. The molecule has 2 fully saturated rings. The zero-order chi connectivity index (χ0) is 17.4. The van der Waals surface area contributed by atoms with Gasteiger partial charge >= 0.3 is 0 Å². The van der Waals surface area contributed by atoms with Gasteiger partial charge in [0.2, 0.25) is 0 Å². The number of methoxy groups -OCH3 is 1. The molecular weight excluding hydrogens is 320 g/mol. The molecule has 6 nitrogen and oxygen atoms in total. The van der Waals surface area contributed by atoms with Crippen molar-refractivity contribution in [2.45, 2.75) is 32.0 Å². The number of ether oxygens (including phenoxy) is 1. The lowest BCUT2D eigenvalue weighted by Crippen LogP contribution is -2.53. The number of fused-ring (bicyclic) bond motifs is 1. The Morgan fingerprint density at radius 1 is 1.28 bits per heavy atom. The molecule has 25 heavy (non-hydrogen) atoms. The van der Waals surface area contributed by atoms with Crippen LogP contribution in [0.1, 0.15) is 28.3 Å². The van der Waals surface area contributed by atoms with Gasteiger partial charge in [-0.05, 0) is 31.5 Å². The summed E-state index contributed by atoms with van der Waals surface area (Å²) in [6.45, 7) is 5.08. The summed E-state index contributed by atoms with van der Waals surface area (Å²) in [7, 11) is 1.77. The Balaban J connectivity index is 1.54. The maximum atomic E-state index is 13.0. The van der Waals surface area contributed by atoms with Crippen molar-refractivity contribution in [3.05, 3.63) is 47.8 Å². The summed E-state index contributed by atoms with van der Waals surface area (Å²) in [5.74, 6) is 2.03. The minimum Gasteiger partial charge on any atom is -0.469 e. The van der Waals surface area contributed by atoms with E-state index in [9.17, 15) is 4.79 Å². The molecule has 4 rings (SSSR count). The van der Waals surface area contributed by atoms with Crippen molar-refractivity contribution in [2.24, 2.45) is 5.92 Å². The molecule has 0 bridgehead atoms. The summed E-state index contributed by atoms with van der Waals surface area (Å²) < 4.78 is 16.5. The molecule has 2 aliphatic rings. The van der Waals surface area contributed by atoms with E-state index in [-0.39, 0.29) is 18.1 Å². The number of likely N-dealkylation sites (tertiary alicyclic amines) is 2. The molecular formula is C19H24N2O4. The minimum atomic E-state index is 0.0654. The van der Waals surface area contributed by atoms with E-state index in [0.717, 1.165) is 38.4 Å². The second-order valence-corrected chi connectivity index (χ2v) is 6.96. The molecule has 0 saturated carbocycles. The van der Waals surface area contributed by atoms with E-state index in [1.165, 1.54) is 0 Å². The van der Waals surface area contributed by atoms with E-state index in [0.29, 0.717) is 17.2 Å². The van der Waals surface area contributed by atoms with E-state index in [4.69, 9.17) is 13.6 Å². The van der Waals surface area contributed by atoms with Crippen molar-refractivity contribution in [2.75, 3.05) is 26.7 Å². The number of furan rings is 2. The van der Waals surface area contributed by atoms with E-state index >= 15 is 0 Å². The summed E-state index contributed by atoms with van der Waals surface area (Å²) in [5, 5.41) is 0. The Hall–Kier alpha value is -2.05. The van der Waals surface area contributed by atoms with Crippen LogP contribution in [0.15, 0.2) is 39.6 Å².